The average Bonchev–Trinajstić information content (AvgIpc) is 2.71. The molecule has 92 valence electrons. The van der Waals surface area contributed by atoms with Crippen LogP contribution in [-0.4, -0.2) is 19.2 Å². The summed E-state index contributed by atoms with van der Waals surface area (Å²) < 4.78 is 27.9. The maximum atomic E-state index is 12.0. The number of rotatable bonds is 1. The van der Waals surface area contributed by atoms with Crippen LogP contribution in [0, 0.1) is 0 Å². The summed E-state index contributed by atoms with van der Waals surface area (Å²) in [5, 5.41) is 2.88. The van der Waals surface area contributed by atoms with E-state index in [1.54, 1.807) is 24.3 Å². The highest BCUT2D eigenvalue weighted by atomic mass is 35.5. The second-order valence-electron chi connectivity index (χ2n) is 3.51. The number of fused-ring (bicyclic) bond motifs is 1. The molecule has 5 nitrogen and oxygen atoms in total. The molecule has 8 heteroatoms. The predicted molar refractivity (Wildman–Crippen MR) is 70.9 cm³/mol. The number of hydrogen-bond acceptors (Lipinski definition) is 5. The zero-order valence-electron chi connectivity index (χ0n) is 8.79. The van der Waals surface area contributed by atoms with Crippen molar-refractivity contribution in [1.29, 1.82) is 0 Å². The number of hydrogen-bond donors (Lipinski definition) is 1. The van der Waals surface area contributed by atoms with Gasteiger partial charge in [0.25, 0.3) is 10.0 Å². The minimum Gasteiger partial charge on any atom is -0.322 e. The zero-order valence-corrected chi connectivity index (χ0v) is 11.2. The summed E-state index contributed by atoms with van der Waals surface area (Å²) in [6, 6.07) is 8.97. The standard InChI is InChI=1S/C10H6ClN3O2S2/c11-10-13-8-9(17-10)18(15,16)14-7(12-8)6-4-2-1-3-5-6/h1-5H,(H,12,14). The van der Waals surface area contributed by atoms with Crippen molar-refractivity contribution in [3.63, 3.8) is 0 Å². The average molecular weight is 300 g/mol. The fourth-order valence-corrected chi connectivity index (χ4v) is 4.07. The molecule has 2 heterocycles. The Bertz CT molecular complexity index is 738. The lowest BCUT2D eigenvalue weighted by atomic mass is 10.2. The Labute approximate surface area is 112 Å². The largest absolute Gasteiger partial charge is 0.322 e. The predicted octanol–water partition coefficient (Wildman–Crippen LogP) is 2.36. The molecule has 0 fully saturated rings. The molecule has 0 aliphatic carbocycles. The first kappa shape index (κ1) is 11.6. The summed E-state index contributed by atoms with van der Waals surface area (Å²) in [6.45, 7) is 0. The molecular weight excluding hydrogens is 294 g/mol. The van der Waals surface area contributed by atoms with Gasteiger partial charge in [0.15, 0.2) is 20.3 Å². The van der Waals surface area contributed by atoms with E-state index in [-0.39, 0.29) is 20.3 Å². The van der Waals surface area contributed by atoms with Crippen molar-refractivity contribution in [2.75, 3.05) is 5.32 Å². The minimum absolute atomic E-state index is 0.0483. The van der Waals surface area contributed by atoms with E-state index in [1.165, 1.54) is 0 Å². The highest BCUT2D eigenvalue weighted by molar-refractivity contribution is 7.92. The maximum absolute atomic E-state index is 12.0. The summed E-state index contributed by atoms with van der Waals surface area (Å²) in [7, 11) is -3.72. The van der Waals surface area contributed by atoms with E-state index in [0.717, 1.165) is 11.3 Å². The van der Waals surface area contributed by atoms with E-state index in [4.69, 9.17) is 11.6 Å². The fraction of sp³-hybridized carbons (Fsp3) is 0. The van der Waals surface area contributed by atoms with E-state index in [1.807, 2.05) is 6.07 Å². The van der Waals surface area contributed by atoms with E-state index < -0.39 is 10.0 Å². The van der Waals surface area contributed by atoms with Crippen LogP contribution < -0.4 is 5.32 Å². The van der Waals surface area contributed by atoms with Gasteiger partial charge in [-0.1, -0.05) is 53.3 Å². The van der Waals surface area contributed by atoms with Gasteiger partial charge in [-0.2, -0.15) is 8.42 Å². The van der Waals surface area contributed by atoms with Crippen LogP contribution in [0.2, 0.25) is 4.47 Å². The molecule has 0 amide bonds. The number of thiazole rings is 1. The molecule has 0 unspecified atom stereocenters. The molecule has 18 heavy (non-hydrogen) atoms. The first-order valence-corrected chi connectivity index (χ1v) is 7.53. The van der Waals surface area contributed by atoms with Gasteiger partial charge in [-0.05, 0) is 0 Å². The van der Waals surface area contributed by atoms with Crippen molar-refractivity contribution in [2.45, 2.75) is 4.21 Å². The van der Waals surface area contributed by atoms with Gasteiger partial charge in [0.2, 0.25) is 0 Å². The number of anilines is 1. The summed E-state index contributed by atoms with van der Waals surface area (Å²) in [4.78, 5) is 3.94. The summed E-state index contributed by atoms with van der Waals surface area (Å²) in [5.41, 5.74) is 0.677. The summed E-state index contributed by atoms with van der Waals surface area (Å²) >= 11 is 6.62. The maximum Gasteiger partial charge on any atom is 0.297 e. The number of amidine groups is 1. The van der Waals surface area contributed by atoms with Crippen LogP contribution in [-0.2, 0) is 10.0 Å². The third kappa shape index (κ3) is 1.90. The van der Waals surface area contributed by atoms with Crippen molar-refractivity contribution in [2.24, 2.45) is 4.40 Å². The second-order valence-corrected chi connectivity index (χ2v) is 6.89. The van der Waals surface area contributed by atoms with Gasteiger partial charge in [0.05, 0.1) is 0 Å². The molecule has 3 rings (SSSR count). The Morgan fingerprint density at radius 3 is 2.67 bits per heavy atom. The van der Waals surface area contributed by atoms with Gasteiger partial charge in [-0.3, -0.25) is 0 Å². The van der Waals surface area contributed by atoms with Gasteiger partial charge >= 0.3 is 0 Å². The Morgan fingerprint density at radius 2 is 1.94 bits per heavy atom. The van der Waals surface area contributed by atoms with Gasteiger partial charge in [-0.15, -0.1) is 4.40 Å². The highest BCUT2D eigenvalue weighted by Gasteiger charge is 2.29. The molecule has 1 N–H and O–H groups in total. The van der Waals surface area contributed by atoms with Crippen LogP contribution in [0.15, 0.2) is 38.9 Å². The molecule has 0 saturated heterocycles. The molecule has 1 aromatic carbocycles. The minimum atomic E-state index is -3.72. The first-order chi connectivity index (χ1) is 8.56. The van der Waals surface area contributed by atoms with Gasteiger partial charge in [-0.25, -0.2) is 4.98 Å². The van der Waals surface area contributed by atoms with Crippen LogP contribution in [0.25, 0.3) is 0 Å². The normalized spacial score (nSPS) is 16.6. The second kappa shape index (κ2) is 4.04. The SMILES string of the molecule is O=S1(=O)N=C(c2ccccc2)Nc2nc(Cl)sc21. The third-order valence-electron chi connectivity index (χ3n) is 2.30. The molecule has 1 aromatic heterocycles. The summed E-state index contributed by atoms with van der Waals surface area (Å²) in [5.74, 6) is 0.490. The fourth-order valence-electron chi connectivity index (χ4n) is 1.55. The number of nitrogens with zero attached hydrogens (tertiary/aromatic N) is 2. The van der Waals surface area contributed by atoms with Crippen molar-refractivity contribution in [3.8, 4) is 0 Å². The Hall–Kier alpha value is -1.44. The number of benzene rings is 1. The lowest BCUT2D eigenvalue weighted by Crippen LogP contribution is -2.21. The lowest BCUT2D eigenvalue weighted by Gasteiger charge is -2.13. The van der Waals surface area contributed by atoms with Crippen LogP contribution in [0.3, 0.4) is 0 Å². The Balaban J connectivity index is 2.15. The highest BCUT2D eigenvalue weighted by Crippen LogP contribution is 2.35. The molecule has 0 atom stereocenters. The monoisotopic (exact) mass is 299 g/mol. The van der Waals surface area contributed by atoms with Crippen molar-refractivity contribution < 1.29 is 8.42 Å². The van der Waals surface area contributed by atoms with E-state index >= 15 is 0 Å². The Kier molecular flexibility index (Phi) is 2.61. The molecule has 0 saturated carbocycles. The molecule has 1 aliphatic rings. The van der Waals surface area contributed by atoms with Gasteiger partial charge in [0.1, 0.15) is 0 Å². The summed E-state index contributed by atoms with van der Waals surface area (Å²) in [6.07, 6.45) is 0. The number of sulfonamides is 1. The van der Waals surface area contributed by atoms with Crippen LogP contribution >= 0.6 is 22.9 Å². The van der Waals surface area contributed by atoms with Crippen molar-refractivity contribution in [3.05, 3.63) is 40.4 Å². The molecule has 0 spiro atoms. The lowest BCUT2D eigenvalue weighted by molar-refractivity contribution is 0.599. The van der Waals surface area contributed by atoms with Crippen LogP contribution in [0.1, 0.15) is 5.56 Å². The van der Waals surface area contributed by atoms with E-state index in [2.05, 4.69) is 14.7 Å². The van der Waals surface area contributed by atoms with Crippen molar-refractivity contribution in [1.82, 2.24) is 4.98 Å². The first-order valence-electron chi connectivity index (χ1n) is 4.90. The van der Waals surface area contributed by atoms with E-state index in [9.17, 15) is 8.42 Å². The molecule has 2 aromatic rings. The molecular formula is C10H6ClN3O2S2. The quantitative estimate of drug-likeness (QED) is 0.877. The van der Waals surface area contributed by atoms with E-state index in [0.29, 0.717) is 5.56 Å². The van der Waals surface area contributed by atoms with Gasteiger partial charge in [0, 0.05) is 5.56 Å². The molecule has 0 bridgehead atoms. The number of aromatic nitrogens is 1. The van der Waals surface area contributed by atoms with Crippen LogP contribution in [0.4, 0.5) is 5.82 Å². The topological polar surface area (TPSA) is 71.4 Å². The molecule has 1 aliphatic heterocycles. The zero-order chi connectivity index (χ0) is 12.8. The smallest absolute Gasteiger partial charge is 0.297 e. The van der Waals surface area contributed by atoms with Crippen molar-refractivity contribution >= 4 is 44.6 Å². The molecule has 0 radical (unpaired) electrons. The Morgan fingerprint density at radius 1 is 1.22 bits per heavy atom. The third-order valence-corrected chi connectivity index (χ3v) is 5.22. The van der Waals surface area contributed by atoms with Crippen LogP contribution in [0.5, 0.6) is 0 Å². The number of halogens is 1. The van der Waals surface area contributed by atoms with Gasteiger partial charge < -0.3 is 5.32 Å². The number of nitrogens with one attached hydrogen (secondary N) is 1.